The molecule has 3 nitrogen and oxygen atoms in total. The molecule has 0 bridgehead atoms. The molecule has 0 radical (unpaired) electrons. The molecule has 5 heteroatoms. The number of benzene rings is 1. The van der Waals surface area contributed by atoms with Crippen molar-refractivity contribution in [1.82, 2.24) is 0 Å². The van der Waals surface area contributed by atoms with Crippen LogP contribution in [0.1, 0.15) is 18.6 Å². The predicted octanol–water partition coefficient (Wildman–Crippen LogP) is 1.05. The highest BCUT2D eigenvalue weighted by atomic mass is 19.2. The van der Waals surface area contributed by atoms with Crippen molar-refractivity contribution in [2.24, 2.45) is 5.73 Å². The van der Waals surface area contributed by atoms with Gasteiger partial charge in [-0.3, -0.25) is 0 Å². The van der Waals surface area contributed by atoms with Gasteiger partial charge in [0.25, 0.3) is 0 Å². The molecule has 1 aromatic carbocycles. The Balaban J connectivity index is 3.17. The van der Waals surface area contributed by atoms with Crippen LogP contribution >= 0.6 is 0 Å². The molecule has 0 aliphatic heterocycles. The second kappa shape index (κ2) is 3.89. The van der Waals surface area contributed by atoms with Gasteiger partial charge in [0.1, 0.15) is 0 Å². The highest BCUT2D eigenvalue weighted by Crippen LogP contribution is 2.26. The van der Waals surface area contributed by atoms with Gasteiger partial charge in [0.15, 0.2) is 11.6 Å². The molecule has 0 aromatic heterocycles. The van der Waals surface area contributed by atoms with Gasteiger partial charge in [0, 0.05) is 11.6 Å². The normalized spacial score (nSPS) is 15.2. The van der Waals surface area contributed by atoms with Gasteiger partial charge in [-0.25, -0.2) is 4.39 Å². The highest BCUT2D eigenvalue weighted by Gasteiger charge is 2.21. The van der Waals surface area contributed by atoms with E-state index in [0.29, 0.717) is 0 Å². The lowest BCUT2D eigenvalue weighted by atomic mass is 10.0. The quantitative estimate of drug-likeness (QED) is 0.673. The van der Waals surface area contributed by atoms with Gasteiger partial charge in [-0.05, 0) is 19.1 Å². The summed E-state index contributed by atoms with van der Waals surface area (Å²) in [5.41, 5.74) is 5.07. The number of halogens is 2. The average molecular weight is 203 g/mol. The van der Waals surface area contributed by atoms with Crippen LogP contribution in [0.2, 0.25) is 0 Å². The highest BCUT2D eigenvalue weighted by molar-refractivity contribution is 5.31. The van der Waals surface area contributed by atoms with Crippen LogP contribution in [0.3, 0.4) is 0 Å². The third-order valence-electron chi connectivity index (χ3n) is 1.91. The standard InChI is InChI=1S/C9H11F2NO2/c1-4(12)9(14)5-2-3-6(13)8(11)7(5)10/h2-4,9,13-14H,12H2,1H3/t4-,9-/m1/s1. The molecule has 0 amide bonds. The Morgan fingerprint density at radius 3 is 2.36 bits per heavy atom. The number of rotatable bonds is 2. The van der Waals surface area contributed by atoms with Crippen LogP contribution in [0, 0.1) is 11.6 Å². The van der Waals surface area contributed by atoms with Crippen LogP contribution in [0.15, 0.2) is 12.1 Å². The molecule has 0 unspecified atom stereocenters. The second-order valence-electron chi connectivity index (χ2n) is 3.11. The molecule has 0 heterocycles. The Hall–Kier alpha value is -1.20. The maximum absolute atomic E-state index is 13.1. The molecule has 1 rings (SSSR count). The van der Waals surface area contributed by atoms with Crippen molar-refractivity contribution in [2.75, 3.05) is 0 Å². The summed E-state index contributed by atoms with van der Waals surface area (Å²) in [6.07, 6.45) is -1.29. The summed E-state index contributed by atoms with van der Waals surface area (Å²) >= 11 is 0. The summed E-state index contributed by atoms with van der Waals surface area (Å²) in [5, 5.41) is 18.2. The van der Waals surface area contributed by atoms with E-state index >= 15 is 0 Å². The number of hydrogen-bond donors (Lipinski definition) is 3. The van der Waals surface area contributed by atoms with Crippen molar-refractivity contribution in [2.45, 2.75) is 19.1 Å². The molecule has 78 valence electrons. The van der Waals surface area contributed by atoms with E-state index in [1.165, 1.54) is 6.92 Å². The first kappa shape index (κ1) is 10.9. The first-order valence-electron chi connectivity index (χ1n) is 4.05. The zero-order valence-corrected chi connectivity index (χ0v) is 7.54. The van der Waals surface area contributed by atoms with E-state index < -0.39 is 29.5 Å². The van der Waals surface area contributed by atoms with E-state index in [9.17, 15) is 13.9 Å². The van der Waals surface area contributed by atoms with Gasteiger partial charge in [-0.1, -0.05) is 0 Å². The maximum Gasteiger partial charge on any atom is 0.200 e. The van der Waals surface area contributed by atoms with E-state index in [0.717, 1.165) is 12.1 Å². The van der Waals surface area contributed by atoms with Gasteiger partial charge >= 0.3 is 0 Å². The van der Waals surface area contributed by atoms with E-state index in [-0.39, 0.29) is 5.56 Å². The van der Waals surface area contributed by atoms with Crippen molar-refractivity contribution in [1.29, 1.82) is 0 Å². The largest absolute Gasteiger partial charge is 0.505 e. The number of hydrogen-bond acceptors (Lipinski definition) is 3. The van der Waals surface area contributed by atoms with Crippen LogP contribution in [-0.4, -0.2) is 16.3 Å². The molecule has 1 aromatic rings. The average Bonchev–Trinajstić information content (AvgIpc) is 2.13. The molecular formula is C9H11F2NO2. The first-order chi connectivity index (χ1) is 6.45. The molecular weight excluding hydrogens is 192 g/mol. The number of phenols is 1. The fourth-order valence-corrected chi connectivity index (χ4v) is 1.07. The Labute approximate surface area is 79.8 Å². The number of phenolic OH excluding ortho intramolecular Hbond substituents is 1. The Bertz CT molecular complexity index is 342. The van der Waals surface area contributed by atoms with Crippen molar-refractivity contribution in [3.05, 3.63) is 29.3 Å². The monoisotopic (exact) mass is 203 g/mol. The summed E-state index contributed by atoms with van der Waals surface area (Å²) in [6, 6.07) is 1.36. The molecule has 0 saturated heterocycles. The Morgan fingerprint density at radius 2 is 1.86 bits per heavy atom. The molecule has 0 saturated carbocycles. The third-order valence-corrected chi connectivity index (χ3v) is 1.91. The summed E-state index contributed by atoms with van der Waals surface area (Å²) in [7, 11) is 0. The Morgan fingerprint density at radius 1 is 1.29 bits per heavy atom. The van der Waals surface area contributed by atoms with Gasteiger partial charge in [0.2, 0.25) is 5.82 Å². The lowest BCUT2D eigenvalue weighted by Gasteiger charge is -2.15. The summed E-state index contributed by atoms with van der Waals surface area (Å²) in [5.74, 6) is -3.43. The third kappa shape index (κ3) is 1.83. The number of aliphatic hydroxyl groups is 1. The molecule has 0 aliphatic carbocycles. The topological polar surface area (TPSA) is 66.5 Å². The van der Waals surface area contributed by atoms with E-state index in [2.05, 4.69) is 0 Å². The fraction of sp³-hybridized carbons (Fsp3) is 0.333. The van der Waals surface area contributed by atoms with Crippen LogP contribution in [-0.2, 0) is 0 Å². The molecule has 0 aliphatic rings. The number of aliphatic hydroxyl groups excluding tert-OH is 1. The van der Waals surface area contributed by atoms with Crippen LogP contribution in [0.4, 0.5) is 8.78 Å². The molecule has 4 N–H and O–H groups in total. The lowest BCUT2D eigenvalue weighted by Crippen LogP contribution is -2.25. The lowest BCUT2D eigenvalue weighted by molar-refractivity contribution is 0.147. The maximum atomic E-state index is 13.1. The zero-order chi connectivity index (χ0) is 10.9. The number of nitrogens with two attached hydrogens (primary N) is 1. The molecule has 0 spiro atoms. The van der Waals surface area contributed by atoms with Crippen molar-refractivity contribution in [3.63, 3.8) is 0 Å². The van der Waals surface area contributed by atoms with Crippen molar-refractivity contribution in [3.8, 4) is 5.75 Å². The molecule has 14 heavy (non-hydrogen) atoms. The van der Waals surface area contributed by atoms with Gasteiger partial charge in [-0.15, -0.1) is 0 Å². The zero-order valence-electron chi connectivity index (χ0n) is 7.54. The second-order valence-corrected chi connectivity index (χ2v) is 3.11. The Kier molecular flexibility index (Phi) is 3.03. The van der Waals surface area contributed by atoms with E-state index in [4.69, 9.17) is 10.8 Å². The van der Waals surface area contributed by atoms with Gasteiger partial charge in [-0.2, -0.15) is 4.39 Å². The minimum atomic E-state index is -1.37. The van der Waals surface area contributed by atoms with E-state index in [1.54, 1.807) is 0 Å². The molecule has 0 fully saturated rings. The first-order valence-corrected chi connectivity index (χ1v) is 4.05. The van der Waals surface area contributed by atoms with E-state index in [1.807, 2.05) is 0 Å². The molecule has 2 atom stereocenters. The summed E-state index contributed by atoms with van der Waals surface area (Å²) in [4.78, 5) is 0. The fourth-order valence-electron chi connectivity index (χ4n) is 1.07. The summed E-state index contributed by atoms with van der Waals surface area (Å²) in [6.45, 7) is 1.47. The minimum absolute atomic E-state index is 0.254. The SMILES string of the molecule is C[C@@H](N)[C@@H](O)c1ccc(O)c(F)c1F. The van der Waals surface area contributed by atoms with Crippen LogP contribution in [0.5, 0.6) is 5.75 Å². The summed E-state index contributed by atoms with van der Waals surface area (Å²) < 4.78 is 26.0. The smallest absolute Gasteiger partial charge is 0.200 e. The number of aromatic hydroxyl groups is 1. The van der Waals surface area contributed by atoms with Gasteiger partial charge in [0.05, 0.1) is 6.10 Å². The van der Waals surface area contributed by atoms with Gasteiger partial charge < -0.3 is 15.9 Å². The van der Waals surface area contributed by atoms with Crippen LogP contribution < -0.4 is 5.73 Å². The van der Waals surface area contributed by atoms with Crippen molar-refractivity contribution < 1.29 is 19.0 Å². The minimum Gasteiger partial charge on any atom is -0.505 e. The van der Waals surface area contributed by atoms with Crippen molar-refractivity contribution >= 4 is 0 Å². The predicted molar refractivity (Wildman–Crippen MR) is 46.6 cm³/mol. The van der Waals surface area contributed by atoms with Crippen LogP contribution in [0.25, 0.3) is 0 Å².